The lowest BCUT2D eigenvalue weighted by Gasteiger charge is -2.34. The van der Waals surface area contributed by atoms with Gasteiger partial charge in [-0.25, -0.2) is 0 Å². The Morgan fingerprint density at radius 1 is 0.936 bits per heavy atom. The number of aromatic nitrogens is 1. The van der Waals surface area contributed by atoms with Crippen LogP contribution in [-0.2, 0) is 17.9 Å². The third-order valence-electron chi connectivity index (χ3n) is 9.55. The van der Waals surface area contributed by atoms with Gasteiger partial charge in [-0.15, -0.1) is 0 Å². The molecule has 6 rings (SSSR count). The molecule has 0 radical (unpaired) electrons. The van der Waals surface area contributed by atoms with Crippen molar-refractivity contribution in [3.63, 3.8) is 0 Å². The molecule has 0 unspecified atom stereocenters. The molecule has 9 nitrogen and oxygen atoms in total. The number of amides is 1. The van der Waals surface area contributed by atoms with Crippen molar-refractivity contribution in [1.82, 2.24) is 25.0 Å². The number of hydrogen-bond donors (Lipinski definition) is 3. The molecule has 0 aliphatic carbocycles. The quantitative estimate of drug-likeness (QED) is 0.178. The normalized spacial score (nSPS) is 17.1. The number of halogens is 1. The molecular formula is C37H47ClN6O3. The Morgan fingerprint density at radius 2 is 1.68 bits per heavy atom. The third kappa shape index (κ3) is 8.11. The van der Waals surface area contributed by atoms with Gasteiger partial charge in [0.2, 0.25) is 5.91 Å². The number of nitrogens with two attached hydrogens (primary N) is 1. The highest BCUT2D eigenvalue weighted by Crippen LogP contribution is 2.38. The van der Waals surface area contributed by atoms with Gasteiger partial charge in [-0.3, -0.25) is 14.6 Å². The Balaban J connectivity index is 1.12. The van der Waals surface area contributed by atoms with E-state index in [-0.39, 0.29) is 5.91 Å². The van der Waals surface area contributed by atoms with Gasteiger partial charge in [-0.2, -0.15) is 0 Å². The van der Waals surface area contributed by atoms with Crippen molar-refractivity contribution in [3.8, 4) is 22.6 Å². The van der Waals surface area contributed by atoms with E-state index in [0.717, 1.165) is 87.4 Å². The number of aryl methyl sites for hydroxylation is 1. The molecule has 4 N–H and O–H groups in total. The summed E-state index contributed by atoms with van der Waals surface area (Å²) in [6.07, 6.45) is 4.40. The fourth-order valence-electron chi connectivity index (χ4n) is 6.78. The Bertz CT molecular complexity index is 1630. The number of rotatable bonds is 13. The second kappa shape index (κ2) is 15.5. The number of carbonyl (C=O) groups excluding carboxylic acids is 1. The Morgan fingerprint density at radius 3 is 2.45 bits per heavy atom. The average molecular weight is 659 g/mol. The number of ether oxygens (including phenoxy) is 2. The summed E-state index contributed by atoms with van der Waals surface area (Å²) in [5.41, 5.74) is 10.4. The fourth-order valence-corrected chi connectivity index (χ4v) is 6.90. The van der Waals surface area contributed by atoms with Gasteiger partial charge in [0.1, 0.15) is 18.1 Å². The van der Waals surface area contributed by atoms with Gasteiger partial charge < -0.3 is 30.4 Å². The Kier molecular flexibility index (Phi) is 11.0. The first kappa shape index (κ1) is 33.3. The Hall–Kier alpha value is -3.60. The molecule has 2 saturated heterocycles. The average Bonchev–Trinajstić information content (AvgIpc) is 3.47. The van der Waals surface area contributed by atoms with Crippen LogP contribution in [0.15, 0.2) is 72.9 Å². The number of piperazine rings is 1. The van der Waals surface area contributed by atoms with Crippen molar-refractivity contribution < 1.29 is 14.3 Å². The standard InChI is InChI=1S/C37H47ClN6O3/c1-46-34-9-3-2-7-31(34)32-27-44(19-5-16-41-36(45)37(39)14-17-40-18-15-37)33-8-4-6-28(35(32)33)26-43-22-20-42(21-23-43)24-25-47-30-12-10-29(38)11-13-30/h2-4,6-13,27,40H,5,14-26,39H2,1H3,(H,41,45). The van der Waals surface area contributed by atoms with Crippen molar-refractivity contribution >= 4 is 28.4 Å². The smallest absolute Gasteiger partial charge is 0.240 e. The molecule has 2 fully saturated rings. The fraction of sp³-hybridized carbons (Fsp3) is 0.432. The minimum atomic E-state index is -0.770. The number of fused-ring (bicyclic) bond motifs is 1. The maximum absolute atomic E-state index is 12.9. The summed E-state index contributed by atoms with van der Waals surface area (Å²) in [6, 6.07) is 22.4. The second-order valence-corrected chi connectivity index (χ2v) is 13.1. The highest BCUT2D eigenvalue weighted by molar-refractivity contribution is 6.30. The molecule has 2 aliphatic rings. The van der Waals surface area contributed by atoms with Gasteiger partial charge in [0.25, 0.3) is 0 Å². The molecule has 0 atom stereocenters. The molecule has 0 bridgehead atoms. The van der Waals surface area contributed by atoms with Crippen LogP contribution in [0.2, 0.25) is 5.02 Å². The minimum Gasteiger partial charge on any atom is -0.496 e. The number of benzene rings is 3. The van der Waals surface area contributed by atoms with E-state index in [0.29, 0.717) is 26.0 Å². The van der Waals surface area contributed by atoms with E-state index in [1.54, 1.807) is 7.11 Å². The number of hydrogen-bond acceptors (Lipinski definition) is 7. The van der Waals surface area contributed by atoms with E-state index in [4.69, 9.17) is 26.8 Å². The van der Waals surface area contributed by atoms with Crippen molar-refractivity contribution in [2.75, 3.05) is 66.1 Å². The summed E-state index contributed by atoms with van der Waals surface area (Å²) < 4.78 is 14.1. The summed E-state index contributed by atoms with van der Waals surface area (Å²) in [5.74, 6) is 1.67. The number of methoxy groups -OCH3 is 1. The number of carbonyl (C=O) groups is 1. The summed E-state index contributed by atoms with van der Waals surface area (Å²) in [7, 11) is 1.73. The van der Waals surface area contributed by atoms with Gasteiger partial charge >= 0.3 is 0 Å². The largest absolute Gasteiger partial charge is 0.496 e. The van der Waals surface area contributed by atoms with Crippen LogP contribution in [0.25, 0.3) is 22.0 Å². The molecule has 3 heterocycles. The first-order chi connectivity index (χ1) is 22.9. The Labute approximate surface area is 282 Å². The van der Waals surface area contributed by atoms with E-state index in [1.165, 1.54) is 22.0 Å². The molecule has 1 amide bonds. The van der Waals surface area contributed by atoms with Crippen molar-refractivity contribution in [2.45, 2.75) is 37.9 Å². The summed E-state index contributed by atoms with van der Waals surface area (Å²) in [5, 5.41) is 8.37. The van der Waals surface area contributed by atoms with Gasteiger partial charge in [-0.05, 0) is 74.3 Å². The topological polar surface area (TPSA) is 97.0 Å². The predicted octanol–water partition coefficient (Wildman–Crippen LogP) is 4.75. The molecule has 2 aliphatic heterocycles. The highest BCUT2D eigenvalue weighted by atomic mass is 35.5. The SMILES string of the molecule is COc1ccccc1-c1cn(CCCNC(=O)C2(N)CCNCC2)c2cccc(CN3CCN(CCOc4ccc(Cl)cc4)CC3)c12. The first-order valence-electron chi connectivity index (χ1n) is 16.8. The second-order valence-electron chi connectivity index (χ2n) is 12.7. The first-order valence-corrected chi connectivity index (χ1v) is 17.2. The van der Waals surface area contributed by atoms with Crippen LogP contribution in [0.5, 0.6) is 11.5 Å². The molecule has 0 spiro atoms. The van der Waals surface area contributed by atoms with E-state index in [1.807, 2.05) is 36.4 Å². The lowest BCUT2D eigenvalue weighted by Crippen LogP contribution is -2.59. The van der Waals surface area contributed by atoms with Crippen LogP contribution in [0.4, 0.5) is 0 Å². The molecule has 1 aromatic heterocycles. The predicted molar refractivity (Wildman–Crippen MR) is 189 cm³/mol. The zero-order valence-corrected chi connectivity index (χ0v) is 28.1. The van der Waals surface area contributed by atoms with Crippen LogP contribution in [0, 0.1) is 0 Å². The van der Waals surface area contributed by atoms with Gasteiger partial charge in [0.15, 0.2) is 0 Å². The lowest BCUT2D eigenvalue weighted by molar-refractivity contribution is -0.127. The molecule has 250 valence electrons. The zero-order chi connectivity index (χ0) is 32.6. The van der Waals surface area contributed by atoms with Crippen molar-refractivity contribution in [1.29, 1.82) is 0 Å². The molecule has 0 saturated carbocycles. The number of nitrogens with one attached hydrogen (secondary N) is 2. The number of piperidine rings is 1. The minimum absolute atomic E-state index is 0.0393. The summed E-state index contributed by atoms with van der Waals surface area (Å²) in [4.78, 5) is 17.9. The molecule has 10 heteroatoms. The van der Waals surface area contributed by atoms with Crippen LogP contribution < -0.4 is 25.8 Å². The molecule has 4 aromatic rings. The van der Waals surface area contributed by atoms with Crippen LogP contribution in [0.3, 0.4) is 0 Å². The van der Waals surface area contributed by atoms with Crippen LogP contribution in [0.1, 0.15) is 24.8 Å². The number of para-hydroxylation sites is 1. The maximum atomic E-state index is 12.9. The van der Waals surface area contributed by atoms with E-state index >= 15 is 0 Å². The lowest BCUT2D eigenvalue weighted by atomic mass is 9.88. The third-order valence-corrected chi connectivity index (χ3v) is 9.80. The zero-order valence-electron chi connectivity index (χ0n) is 27.3. The van der Waals surface area contributed by atoms with Gasteiger partial charge in [0.05, 0.1) is 12.6 Å². The highest BCUT2D eigenvalue weighted by Gasteiger charge is 2.34. The number of nitrogens with zero attached hydrogens (tertiary/aromatic N) is 3. The molecular weight excluding hydrogens is 612 g/mol. The monoisotopic (exact) mass is 658 g/mol. The van der Waals surface area contributed by atoms with Crippen LogP contribution in [-0.4, -0.2) is 91.9 Å². The summed E-state index contributed by atoms with van der Waals surface area (Å²) >= 11 is 5.99. The van der Waals surface area contributed by atoms with Gasteiger partial charge in [0, 0.05) is 85.6 Å². The van der Waals surface area contributed by atoms with Gasteiger partial charge in [-0.1, -0.05) is 41.9 Å². The maximum Gasteiger partial charge on any atom is 0.240 e. The van der Waals surface area contributed by atoms with Crippen molar-refractivity contribution in [2.24, 2.45) is 5.73 Å². The van der Waals surface area contributed by atoms with Crippen LogP contribution >= 0.6 is 11.6 Å². The van der Waals surface area contributed by atoms with E-state index in [9.17, 15) is 4.79 Å². The van der Waals surface area contributed by atoms with E-state index in [2.05, 4.69) is 61.5 Å². The molecule has 47 heavy (non-hydrogen) atoms. The molecule has 3 aromatic carbocycles. The van der Waals surface area contributed by atoms with Crippen molar-refractivity contribution in [3.05, 3.63) is 83.5 Å². The summed E-state index contributed by atoms with van der Waals surface area (Å²) in [6.45, 7) is 9.38. The van der Waals surface area contributed by atoms with E-state index < -0.39 is 5.54 Å².